The average Bonchev–Trinajstić information content (AvgIpc) is 2.24. The molecule has 2 heteroatoms. The Morgan fingerprint density at radius 3 is 2.44 bits per heavy atom. The summed E-state index contributed by atoms with van der Waals surface area (Å²) in [4.78, 5) is 0. The summed E-state index contributed by atoms with van der Waals surface area (Å²) in [5, 5.41) is 3.51. The van der Waals surface area contributed by atoms with Crippen LogP contribution in [0.1, 0.15) is 46.6 Å². The second kappa shape index (κ2) is 6.79. The quantitative estimate of drug-likeness (QED) is 0.774. The molecular formula is C16H27NO. The molecule has 0 radical (unpaired) electrons. The Hall–Kier alpha value is -1.02. The third-order valence-corrected chi connectivity index (χ3v) is 2.61. The molecule has 1 aromatic rings. The summed E-state index contributed by atoms with van der Waals surface area (Å²) in [6, 6.07) is 8.34. The fourth-order valence-corrected chi connectivity index (χ4v) is 1.82. The van der Waals surface area contributed by atoms with Crippen molar-refractivity contribution in [2.45, 2.75) is 59.1 Å². The van der Waals surface area contributed by atoms with Crippen LogP contribution in [0.15, 0.2) is 24.3 Å². The van der Waals surface area contributed by atoms with Crippen molar-refractivity contribution in [3.8, 4) is 5.75 Å². The molecule has 0 atom stereocenters. The van der Waals surface area contributed by atoms with Crippen molar-refractivity contribution in [1.82, 2.24) is 5.32 Å². The minimum absolute atomic E-state index is 0.202. The Kier molecular flexibility index (Phi) is 5.67. The number of para-hydroxylation sites is 1. The van der Waals surface area contributed by atoms with Gasteiger partial charge in [0, 0.05) is 5.54 Å². The first-order valence-corrected chi connectivity index (χ1v) is 6.88. The molecule has 18 heavy (non-hydrogen) atoms. The zero-order valence-corrected chi connectivity index (χ0v) is 12.4. The van der Waals surface area contributed by atoms with E-state index in [4.69, 9.17) is 4.74 Å². The van der Waals surface area contributed by atoms with E-state index < -0.39 is 0 Å². The fraction of sp³-hybridized carbons (Fsp3) is 0.625. The first kappa shape index (κ1) is 15.0. The van der Waals surface area contributed by atoms with Gasteiger partial charge in [-0.15, -0.1) is 0 Å². The van der Waals surface area contributed by atoms with Crippen LogP contribution in [0.25, 0.3) is 0 Å². The summed E-state index contributed by atoms with van der Waals surface area (Å²) in [7, 11) is 0. The Labute approximate surface area is 112 Å². The molecule has 0 bridgehead atoms. The van der Waals surface area contributed by atoms with Crippen LogP contribution in [0.2, 0.25) is 0 Å². The molecule has 102 valence electrons. The minimum atomic E-state index is 0.202. The summed E-state index contributed by atoms with van der Waals surface area (Å²) in [6.45, 7) is 11.8. The molecule has 0 unspecified atom stereocenters. The highest BCUT2D eigenvalue weighted by molar-refractivity contribution is 5.33. The Morgan fingerprint density at radius 2 is 1.83 bits per heavy atom. The lowest BCUT2D eigenvalue weighted by molar-refractivity contribution is 0.240. The van der Waals surface area contributed by atoms with Crippen molar-refractivity contribution in [3.63, 3.8) is 0 Å². The molecule has 0 aliphatic rings. The first-order valence-electron chi connectivity index (χ1n) is 6.88. The van der Waals surface area contributed by atoms with Gasteiger partial charge >= 0.3 is 0 Å². The normalized spacial score (nSPS) is 11.9. The van der Waals surface area contributed by atoms with E-state index in [0.717, 1.165) is 25.1 Å². The van der Waals surface area contributed by atoms with Gasteiger partial charge in [0.2, 0.25) is 0 Å². The highest BCUT2D eigenvalue weighted by atomic mass is 16.5. The van der Waals surface area contributed by atoms with Crippen LogP contribution in [-0.2, 0) is 6.42 Å². The summed E-state index contributed by atoms with van der Waals surface area (Å²) >= 11 is 0. The first-order chi connectivity index (χ1) is 8.38. The summed E-state index contributed by atoms with van der Waals surface area (Å²) in [5.41, 5.74) is 1.51. The predicted octanol–water partition coefficient (Wildman–Crippen LogP) is 3.79. The number of rotatable bonds is 6. The summed E-state index contributed by atoms with van der Waals surface area (Å²) in [5.74, 6) is 1.03. The molecule has 0 spiro atoms. The molecule has 0 aromatic heterocycles. The molecule has 0 saturated heterocycles. The Balaban J connectivity index is 2.46. The van der Waals surface area contributed by atoms with Gasteiger partial charge in [-0.05, 0) is 65.6 Å². The largest absolute Gasteiger partial charge is 0.491 e. The van der Waals surface area contributed by atoms with Crippen LogP contribution in [-0.4, -0.2) is 18.2 Å². The van der Waals surface area contributed by atoms with Gasteiger partial charge in [-0.25, -0.2) is 0 Å². The van der Waals surface area contributed by atoms with E-state index in [0.29, 0.717) is 0 Å². The molecule has 0 aliphatic heterocycles. The van der Waals surface area contributed by atoms with Gasteiger partial charge in [-0.3, -0.25) is 0 Å². The third-order valence-electron chi connectivity index (χ3n) is 2.61. The van der Waals surface area contributed by atoms with Crippen molar-refractivity contribution in [1.29, 1.82) is 0 Å². The predicted molar refractivity (Wildman–Crippen MR) is 78.3 cm³/mol. The van der Waals surface area contributed by atoms with Gasteiger partial charge in [-0.1, -0.05) is 18.2 Å². The molecule has 0 amide bonds. The lowest BCUT2D eigenvalue weighted by atomic mass is 10.1. The van der Waals surface area contributed by atoms with Crippen molar-refractivity contribution < 1.29 is 4.74 Å². The number of benzene rings is 1. The number of nitrogens with one attached hydrogen (secondary N) is 1. The number of hydrogen-bond acceptors (Lipinski definition) is 2. The standard InChI is InChI=1S/C16H27NO/c1-13(2)18-15-11-7-6-9-14(15)10-8-12-17-16(3,4)5/h6-7,9,11,13,17H,8,10,12H2,1-5H3. The van der Waals surface area contributed by atoms with Crippen LogP contribution in [0, 0.1) is 0 Å². The second-order valence-corrected chi connectivity index (χ2v) is 6.05. The van der Waals surface area contributed by atoms with E-state index >= 15 is 0 Å². The second-order valence-electron chi connectivity index (χ2n) is 6.05. The molecule has 2 nitrogen and oxygen atoms in total. The van der Waals surface area contributed by atoms with Gasteiger partial charge in [0.1, 0.15) is 5.75 Å². The Bertz CT molecular complexity index is 352. The molecule has 1 rings (SSSR count). The summed E-state index contributed by atoms with van der Waals surface area (Å²) < 4.78 is 5.82. The Morgan fingerprint density at radius 1 is 1.17 bits per heavy atom. The number of ether oxygens (including phenoxy) is 1. The van der Waals surface area contributed by atoms with Crippen molar-refractivity contribution in [2.24, 2.45) is 0 Å². The van der Waals surface area contributed by atoms with Gasteiger partial charge in [-0.2, -0.15) is 0 Å². The number of hydrogen-bond donors (Lipinski definition) is 1. The molecule has 1 N–H and O–H groups in total. The van der Waals surface area contributed by atoms with E-state index in [1.165, 1.54) is 5.56 Å². The highest BCUT2D eigenvalue weighted by Crippen LogP contribution is 2.20. The van der Waals surface area contributed by atoms with Crippen LogP contribution in [0.5, 0.6) is 5.75 Å². The lowest BCUT2D eigenvalue weighted by Gasteiger charge is -2.20. The topological polar surface area (TPSA) is 21.3 Å². The molecule has 0 aliphatic carbocycles. The van der Waals surface area contributed by atoms with E-state index in [2.05, 4.69) is 58.1 Å². The maximum atomic E-state index is 5.82. The fourth-order valence-electron chi connectivity index (χ4n) is 1.82. The van der Waals surface area contributed by atoms with E-state index in [9.17, 15) is 0 Å². The van der Waals surface area contributed by atoms with Crippen molar-refractivity contribution in [2.75, 3.05) is 6.54 Å². The number of aryl methyl sites for hydroxylation is 1. The van der Waals surface area contributed by atoms with Gasteiger partial charge < -0.3 is 10.1 Å². The molecule has 0 heterocycles. The van der Waals surface area contributed by atoms with Gasteiger partial charge in [0.05, 0.1) is 6.10 Å². The monoisotopic (exact) mass is 249 g/mol. The van der Waals surface area contributed by atoms with E-state index in [1.54, 1.807) is 0 Å². The smallest absolute Gasteiger partial charge is 0.122 e. The molecule has 0 saturated carbocycles. The van der Waals surface area contributed by atoms with Crippen LogP contribution >= 0.6 is 0 Å². The molecular weight excluding hydrogens is 222 g/mol. The van der Waals surface area contributed by atoms with Gasteiger partial charge in [0.25, 0.3) is 0 Å². The molecule has 1 aromatic carbocycles. The van der Waals surface area contributed by atoms with Crippen LogP contribution in [0.3, 0.4) is 0 Å². The maximum absolute atomic E-state index is 5.82. The minimum Gasteiger partial charge on any atom is -0.491 e. The summed E-state index contributed by atoms with van der Waals surface area (Å²) in [6.07, 6.45) is 2.43. The van der Waals surface area contributed by atoms with Gasteiger partial charge in [0.15, 0.2) is 0 Å². The zero-order valence-electron chi connectivity index (χ0n) is 12.4. The maximum Gasteiger partial charge on any atom is 0.122 e. The lowest BCUT2D eigenvalue weighted by Crippen LogP contribution is -2.36. The SMILES string of the molecule is CC(C)Oc1ccccc1CCCNC(C)(C)C. The van der Waals surface area contributed by atoms with Crippen molar-refractivity contribution >= 4 is 0 Å². The molecule has 0 fully saturated rings. The van der Waals surface area contributed by atoms with Crippen LogP contribution in [0.4, 0.5) is 0 Å². The van der Waals surface area contributed by atoms with Crippen LogP contribution < -0.4 is 10.1 Å². The average molecular weight is 249 g/mol. The zero-order chi connectivity index (χ0) is 13.6. The van der Waals surface area contributed by atoms with E-state index in [-0.39, 0.29) is 11.6 Å². The van der Waals surface area contributed by atoms with Crippen molar-refractivity contribution in [3.05, 3.63) is 29.8 Å². The third kappa shape index (κ3) is 6.06. The highest BCUT2D eigenvalue weighted by Gasteiger charge is 2.08. The van der Waals surface area contributed by atoms with E-state index in [1.807, 2.05) is 6.07 Å².